The van der Waals surface area contributed by atoms with Crippen LogP contribution < -0.4 is 11.1 Å². The number of carbonyl (C=O) groups is 1. The second-order valence-electron chi connectivity index (χ2n) is 3.58. The van der Waals surface area contributed by atoms with E-state index in [4.69, 9.17) is 17.3 Å². The molecule has 0 aliphatic rings. The van der Waals surface area contributed by atoms with Gasteiger partial charge in [-0.2, -0.15) is 0 Å². The Morgan fingerprint density at radius 2 is 2.24 bits per heavy atom. The Morgan fingerprint density at radius 3 is 3.00 bits per heavy atom. The van der Waals surface area contributed by atoms with Crippen molar-refractivity contribution in [2.75, 3.05) is 11.9 Å². The second-order valence-corrected chi connectivity index (χ2v) is 3.99. The summed E-state index contributed by atoms with van der Waals surface area (Å²) in [5, 5.41) is 4.19. The molecule has 0 saturated heterocycles. The molecule has 0 atom stereocenters. The lowest BCUT2D eigenvalue weighted by Crippen LogP contribution is -2.16. The number of nitrogens with one attached hydrogen (secondary N) is 1. The van der Waals surface area contributed by atoms with Crippen LogP contribution in [0.2, 0.25) is 5.02 Å². The largest absolute Gasteiger partial charge is 0.330 e. The van der Waals surface area contributed by atoms with E-state index in [0.29, 0.717) is 29.2 Å². The van der Waals surface area contributed by atoms with E-state index in [1.807, 2.05) is 6.07 Å². The molecule has 0 radical (unpaired) electrons. The molecular weight excluding hydrogens is 238 g/mol. The van der Waals surface area contributed by atoms with E-state index in [9.17, 15) is 4.79 Å². The smallest absolute Gasteiger partial charge is 0.225 e. The van der Waals surface area contributed by atoms with Gasteiger partial charge in [-0.15, -0.1) is 0 Å². The van der Waals surface area contributed by atoms with Crippen molar-refractivity contribution in [1.29, 1.82) is 0 Å². The predicted octanol–water partition coefficient (Wildman–Crippen LogP) is 2.18. The number of halogens is 1. The highest BCUT2D eigenvalue weighted by Crippen LogP contribution is 2.27. The standard InChI is InChI=1S/C12H12ClN3O/c13-9-3-4-10(16-11(17)5-6-14)8-2-1-7-15-12(8)9/h1-4,7H,5-6,14H2,(H,16,17). The van der Waals surface area contributed by atoms with Crippen molar-refractivity contribution in [3.63, 3.8) is 0 Å². The molecule has 4 nitrogen and oxygen atoms in total. The number of anilines is 1. The zero-order valence-corrected chi connectivity index (χ0v) is 9.87. The SMILES string of the molecule is NCCC(=O)Nc1ccc(Cl)c2ncccc12. The van der Waals surface area contributed by atoms with Gasteiger partial charge in [-0.25, -0.2) is 0 Å². The molecule has 17 heavy (non-hydrogen) atoms. The monoisotopic (exact) mass is 249 g/mol. The summed E-state index contributed by atoms with van der Waals surface area (Å²) in [7, 11) is 0. The number of nitrogens with two attached hydrogens (primary N) is 1. The van der Waals surface area contributed by atoms with Crippen LogP contribution in [0.4, 0.5) is 5.69 Å². The van der Waals surface area contributed by atoms with Crippen LogP contribution in [0.25, 0.3) is 10.9 Å². The first-order valence-electron chi connectivity index (χ1n) is 5.25. The number of hydrogen-bond donors (Lipinski definition) is 2. The quantitative estimate of drug-likeness (QED) is 0.876. The second kappa shape index (κ2) is 5.12. The van der Waals surface area contributed by atoms with E-state index in [1.54, 1.807) is 24.4 Å². The molecule has 0 bridgehead atoms. The van der Waals surface area contributed by atoms with Crippen molar-refractivity contribution < 1.29 is 4.79 Å². The molecule has 88 valence electrons. The molecule has 1 amide bonds. The average molecular weight is 250 g/mol. The third kappa shape index (κ3) is 2.54. The van der Waals surface area contributed by atoms with Gasteiger partial charge >= 0.3 is 0 Å². The maximum absolute atomic E-state index is 11.5. The molecule has 3 N–H and O–H groups in total. The van der Waals surface area contributed by atoms with Gasteiger partial charge in [-0.1, -0.05) is 11.6 Å². The van der Waals surface area contributed by atoms with E-state index < -0.39 is 0 Å². The summed E-state index contributed by atoms with van der Waals surface area (Å²) < 4.78 is 0. The molecule has 0 aliphatic heterocycles. The Hall–Kier alpha value is -1.65. The van der Waals surface area contributed by atoms with E-state index in [1.165, 1.54) is 0 Å². The summed E-state index contributed by atoms with van der Waals surface area (Å²) in [5.74, 6) is -0.111. The van der Waals surface area contributed by atoms with E-state index in [2.05, 4.69) is 10.3 Å². The van der Waals surface area contributed by atoms with Crippen LogP contribution in [-0.4, -0.2) is 17.4 Å². The number of fused-ring (bicyclic) bond motifs is 1. The Bertz CT molecular complexity index is 556. The fraction of sp³-hybridized carbons (Fsp3) is 0.167. The molecule has 0 aliphatic carbocycles. The first kappa shape index (κ1) is 11.8. The van der Waals surface area contributed by atoms with Crippen LogP contribution in [0.3, 0.4) is 0 Å². The Kier molecular flexibility index (Phi) is 3.56. The number of hydrogen-bond acceptors (Lipinski definition) is 3. The highest BCUT2D eigenvalue weighted by atomic mass is 35.5. The van der Waals surface area contributed by atoms with Crippen LogP contribution in [0.1, 0.15) is 6.42 Å². The highest BCUT2D eigenvalue weighted by Gasteiger charge is 2.07. The maximum Gasteiger partial charge on any atom is 0.225 e. The van der Waals surface area contributed by atoms with Crippen molar-refractivity contribution in [3.05, 3.63) is 35.5 Å². The van der Waals surface area contributed by atoms with Crippen molar-refractivity contribution in [2.24, 2.45) is 5.73 Å². The number of aromatic nitrogens is 1. The summed E-state index contributed by atoms with van der Waals surface area (Å²) in [6.45, 7) is 0.329. The van der Waals surface area contributed by atoms with Gasteiger partial charge in [-0.05, 0) is 24.3 Å². The van der Waals surface area contributed by atoms with E-state index in [-0.39, 0.29) is 5.91 Å². The molecule has 2 aromatic rings. The fourth-order valence-corrected chi connectivity index (χ4v) is 1.80. The van der Waals surface area contributed by atoms with Crippen molar-refractivity contribution >= 4 is 34.1 Å². The summed E-state index contributed by atoms with van der Waals surface area (Å²) in [6, 6.07) is 7.15. The zero-order chi connectivity index (χ0) is 12.3. The molecule has 1 heterocycles. The Labute approximate surface area is 104 Å². The highest BCUT2D eigenvalue weighted by molar-refractivity contribution is 6.35. The minimum atomic E-state index is -0.111. The molecule has 1 aromatic heterocycles. The van der Waals surface area contributed by atoms with Gasteiger partial charge in [0.15, 0.2) is 0 Å². The van der Waals surface area contributed by atoms with Gasteiger partial charge in [0.2, 0.25) is 5.91 Å². The normalized spacial score (nSPS) is 10.5. The van der Waals surface area contributed by atoms with Gasteiger partial charge in [0, 0.05) is 24.5 Å². The van der Waals surface area contributed by atoms with Gasteiger partial charge in [0.1, 0.15) is 0 Å². The summed E-state index contributed by atoms with van der Waals surface area (Å²) in [5.41, 5.74) is 6.71. The molecule has 0 saturated carbocycles. The molecule has 0 spiro atoms. The van der Waals surface area contributed by atoms with Crippen LogP contribution in [0.15, 0.2) is 30.5 Å². The van der Waals surface area contributed by atoms with Crippen molar-refractivity contribution in [1.82, 2.24) is 4.98 Å². The van der Waals surface area contributed by atoms with Gasteiger partial charge < -0.3 is 11.1 Å². The summed E-state index contributed by atoms with van der Waals surface area (Å²) in [4.78, 5) is 15.7. The number of rotatable bonds is 3. The Balaban J connectivity index is 2.41. The minimum absolute atomic E-state index is 0.111. The van der Waals surface area contributed by atoms with Crippen molar-refractivity contribution in [2.45, 2.75) is 6.42 Å². The third-order valence-corrected chi connectivity index (χ3v) is 2.67. The van der Waals surface area contributed by atoms with Gasteiger partial charge in [0.25, 0.3) is 0 Å². The first-order valence-corrected chi connectivity index (χ1v) is 5.63. The third-order valence-electron chi connectivity index (χ3n) is 2.37. The predicted molar refractivity (Wildman–Crippen MR) is 69.1 cm³/mol. The van der Waals surface area contributed by atoms with Crippen LogP contribution in [0, 0.1) is 0 Å². The number of amides is 1. The molecular formula is C12H12ClN3O. The molecule has 0 unspecified atom stereocenters. The summed E-state index contributed by atoms with van der Waals surface area (Å²) >= 11 is 6.03. The first-order chi connectivity index (χ1) is 8.22. The topological polar surface area (TPSA) is 68.0 Å². The van der Waals surface area contributed by atoms with Crippen LogP contribution in [0.5, 0.6) is 0 Å². The van der Waals surface area contributed by atoms with Gasteiger partial charge in [0.05, 0.1) is 16.2 Å². The molecule has 2 rings (SSSR count). The number of nitrogens with zero attached hydrogens (tertiary/aromatic N) is 1. The lowest BCUT2D eigenvalue weighted by atomic mass is 10.2. The molecule has 1 aromatic carbocycles. The molecule has 0 fully saturated rings. The maximum atomic E-state index is 11.5. The number of benzene rings is 1. The van der Waals surface area contributed by atoms with Gasteiger partial charge in [-0.3, -0.25) is 9.78 Å². The fourth-order valence-electron chi connectivity index (χ4n) is 1.59. The van der Waals surface area contributed by atoms with E-state index >= 15 is 0 Å². The number of pyridine rings is 1. The van der Waals surface area contributed by atoms with Crippen molar-refractivity contribution in [3.8, 4) is 0 Å². The number of carbonyl (C=O) groups excluding carboxylic acids is 1. The minimum Gasteiger partial charge on any atom is -0.330 e. The van der Waals surface area contributed by atoms with E-state index in [0.717, 1.165) is 5.39 Å². The Morgan fingerprint density at radius 1 is 1.41 bits per heavy atom. The molecule has 5 heteroatoms. The zero-order valence-electron chi connectivity index (χ0n) is 9.11. The average Bonchev–Trinajstić information content (AvgIpc) is 2.34. The lowest BCUT2D eigenvalue weighted by Gasteiger charge is -2.08. The summed E-state index contributed by atoms with van der Waals surface area (Å²) in [6.07, 6.45) is 1.96. The lowest BCUT2D eigenvalue weighted by molar-refractivity contribution is -0.116. The van der Waals surface area contributed by atoms with Crippen LogP contribution in [-0.2, 0) is 4.79 Å². The van der Waals surface area contributed by atoms with Crippen LogP contribution >= 0.6 is 11.6 Å².